The second kappa shape index (κ2) is 8.33. The number of benzene rings is 1. The van der Waals surface area contributed by atoms with Crippen molar-refractivity contribution in [1.82, 2.24) is 10.3 Å². The molecule has 2 aliphatic rings. The van der Waals surface area contributed by atoms with Crippen molar-refractivity contribution in [3.63, 3.8) is 0 Å². The quantitative estimate of drug-likeness (QED) is 0.718. The molecule has 0 bridgehead atoms. The molecule has 6 heteroatoms. The fraction of sp³-hybridized carbons (Fsp3) is 0.391. The molecule has 152 valence electrons. The highest BCUT2D eigenvalue weighted by Gasteiger charge is 2.44. The Balaban J connectivity index is 1.42. The molecule has 3 N–H and O–H groups in total. The summed E-state index contributed by atoms with van der Waals surface area (Å²) in [7, 11) is 0. The predicted octanol–water partition coefficient (Wildman–Crippen LogP) is 4.33. The monoisotopic (exact) mass is 396 g/mol. The number of carbonyl (C=O) groups is 1. The summed E-state index contributed by atoms with van der Waals surface area (Å²) in [5.41, 5.74) is 2.43. The van der Waals surface area contributed by atoms with Crippen molar-refractivity contribution in [3.05, 3.63) is 60.2 Å². The molecule has 5 nitrogen and oxygen atoms in total. The molecule has 0 aliphatic heterocycles. The van der Waals surface area contributed by atoms with Gasteiger partial charge in [0.1, 0.15) is 5.82 Å². The number of pyridine rings is 1. The minimum Gasteiger partial charge on any atom is -0.465 e. The van der Waals surface area contributed by atoms with Crippen molar-refractivity contribution >= 4 is 12.2 Å². The number of rotatable bonds is 4. The Bertz CT molecular complexity index is 899. The van der Waals surface area contributed by atoms with Crippen LogP contribution in [0.1, 0.15) is 31.4 Å². The molecule has 29 heavy (non-hydrogen) atoms. The lowest BCUT2D eigenvalue weighted by molar-refractivity contribution is 0.138. The molecule has 2 fully saturated rings. The van der Waals surface area contributed by atoms with Crippen LogP contribution in [-0.4, -0.2) is 33.4 Å². The van der Waals surface area contributed by atoms with Crippen LogP contribution in [0.5, 0.6) is 0 Å². The van der Waals surface area contributed by atoms with E-state index in [1.807, 2.05) is 30.4 Å². The standard InChI is InChI=1S/C23H25FN2O3/c24-17-3-1-2-14(10-17)15-4-5-18(25-13-15)6-9-21-20-8-7-19(26-23(28)29)11-16(20)12-22(21)27/h1-6,9-10,13,16,19-22,26-27H,7-8,11-12H2,(H,28,29)/b9-6+/t16-,19?,20+,21-,22-/m0/s1. The van der Waals surface area contributed by atoms with Crippen LogP contribution in [0, 0.1) is 23.6 Å². The van der Waals surface area contributed by atoms with Gasteiger partial charge in [-0.05, 0) is 67.4 Å². The van der Waals surface area contributed by atoms with Crippen LogP contribution in [0.4, 0.5) is 9.18 Å². The maximum absolute atomic E-state index is 13.4. The Kier molecular flexibility index (Phi) is 5.62. The highest BCUT2D eigenvalue weighted by atomic mass is 19.1. The van der Waals surface area contributed by atoms with E-state index in [-0.39, 0.29) is 17.8 Å². The Morgan fingerprint density at radius 2 is 2.03 bits per heavy atom. The van der Waals surface area contributed by atoms with Gasteiger partial charge in [-0.2, -0.15) is 0 Å². The van der Waals surface area contributed by atoms with E-state index in [9.17, 15) is 14.3 Å². The van der Waals surface area contributed by atoms with Crippen LogP contribution in [-0.2, 0) is 0 Å². The third kappa shape index (κ3) is 4.48. The fourth-order valence-electron chi connectivity index (χ4n) is 4.95. The summed E-state index contributed by atoms with van der Waals surface area (Å²) in [5.74, 6) is 0.508. The zero-order valence-electron chi connectivity index (χ0n) is 16.0. The maximum Gasteiger partial charge on any atom is 0.404 e. The van der Waals surface area contributed by atoms with Crippen molar-refractivity contribution in [2.75, 3.05) is 0 Å². The van der Waals surface area contributed by atoms with Gasteiger partial charge in [-0.3, -0.25) is 4.98 Å². The molecular formula is C23H25FN2O3. The first-order valence-electron chi connectivity index (χ1n) is 10.1. The third-order valence-electron chi connectivity index (χ3n) is 6.29. The predicted molar refractivity (Wildman–Crippen MR) is 109 cm³/mol. The number of nitrogens with zero attached hydrogens (tertiary/aromatic N) is 1. The lowest BCUT2D eigenvalue weighted by Crippen LogP contribution is -2.39. The molecule has 2 aromatic rings. The van der Waals surface area contributed by atoms with Crippen molar-refractivity contribution < 1.29 is 19.4 Å². The van der Waals surface area contributed by atoms with Crippen molar-refractivity contribution in [1.29, 1.82) is 0 Å². The van der Waals surface area contributed by atoms with E-state index in [0.29, 0.717) is 18.3 Å². The first-order chi connectivity index (χ1) is 14.0. The van der Waals surface area contributed by atoms with Gasteiger partial charge in [-0.25, -0.2) is 9.18 Å². The molecule has 0 spiro atoms. The number of amides is 1. The fourth-order valence-corrected chi connectivity index (χ4v) is 4.95. The van der Waals surface area contributed by atoms with E-state index in [2.05, 4.69) is 10.3 Å². The number of nitrogens with one attached hydrogen (secondary N) is 1. The first kappa shape index (κ1) is 19.6. The second-order valence-corrected chi connectivity index (χ2v) is 8.11. The smallest absolute Gasteiger partial charge is 0.404 e. The largest absolute Gasteiger partial charge is 0.465 e. The average molecular weight is 396 g/mol. The van der Waals surface area contributed by atoms with Crippen molar-refractivity contribution in [3.8, 4) is 11.1 Å². The van der Waals surface area contributed by atoms with E-state index in [1.54, 1.807) is 12.3 Å². The van der Waals surface area contributed by atoms with Crippen LogP contribution in [0.3, 0.4) is 0 Å². The number of hydrogen-bond acceptors (Lipinski definition) is 3. The number of aliphatic hydroxyl groups is 1. The Hall–Kier alpha value is -2.73. The number of halogens is 1. The minimum absolute atomic E-state index is 0.0132. The van der Waals surface area contributed by atoms with Crippen LogP contribution in [0.25, 0.3) is 17.2 Å². The molecule has 5 atom stereocenters. The zero-order valence-corrected chi connectivity index (χ0v) is 16.0. The first-order valence-corrected chi connectivity index (χ1v) is 10.1. The lowest BCUT2D eigenvalue weighted by Gasteiger charge is -2.33. The highest BCUT2D eigenvalue weighted by molar-refractivity contribution is 5.65. The SMILES string of the molecule is O=C(O)NC1CC[C@@H]2[C@@H](C1)C[C@H](O)[C@H]2/C=C/c1ccc(-c2cccc(F)c2)cn1. The van der Waals surface area contributed by atoms with Crippen molar-refractivity contribution in [2.24, 2.45) is 17.8 Å². The molecular weight excluding hydrogens is 371 g/mol. The summed E-state index contributed by atoms with van der Waals surface area (Å²) in [4.78, 5) is 15.3. The molecule has 1 heterocycles. The molecule has 1 amide bonds. The number of carboxylic acid groups (broad SMARTS) is 1. The number of aromatic nitrogens is 1. The van der Waals surface area contributed by atoms with Crippen LogP contribution < -0.4 is 5.32 Å². The molecule has 2 saturated carbocycles. The third-order valence-corrected chi connectivity index (χ3v) is 6.29. The van der Waals surface area contributed by atoms with Gasteiger partial charge in [-0.15, -0.1) is 0 Å². The van der Waals surface area contributed by atoms with Gasteiger partial charge >= 0.3 is 6.09 Å². The molecule has 1 unspecified atom stereocenters. The van der Waals surface area contributed by atoms with Gasteiger partial charge in [0.05, 0.1) is 11.8 Å². The van der Waals surface area contributed by atoms with E-state index in [0.717, 1.165) is 36.1 Å². The number of aliphatic hydroxyl groups excluding tert-OH is 1. The summed E-state index contributed by atoms with van der Waals surface area (Å²) >= 11 is 0. The van der Waals surface area contributed by atoms with Gasteiger partial charge in [0.25, 0.3) is 0 Å². The van der Waals surface area contributed by atoms with Crippen LogP contribution in [0.15, 0.2) is 48.7 Å². The molecule has 4 rings (SSSR count). The lowest BCUT2D eigenvalue weighted by atomic mass is 9.76. The number of fused-ring (bicyclic) bond motifs is 1. The molecule has 1 aromatic heterocycles. The maximum atomic E-state index is 13.4. The minimum atomic E-state index is -0.976. The van der Waals surface area contributed by atoms with Gasteiger partial charge in [0.15, 0.2) is 0 Å². The van der Waals surface area contributed by atoms with E-state index in [1.165, 1.54) is 12.1 Å². The molecule has 0 saturated heterocycles. The van der Waals surface area contributed by atoms with E-state index in [4.69, 9.17) is 5.11 Å². The summed E-state index contributed by atoms with van der Waals surface area (Å²) in [6.45, 7) is 0. The highest BCUT2D eigenvalue weighted by Crippen LogP contribution is 2.46. The van der Waals surface area contributed by atoms with Gasteiger partial charge in [-0.1, -0.05) is 24.3 Å². The van der Waals surface area contributed by atoms with Crippen LogP contribution >= 0.6 is 0 Å². The Morgan fingerprint density at radius 1 is 1.17 bits per heavy atom. The zero-order chi connectivity index (χ0) is 20.4. The average Bonchev–Trinajstić information content (AvgIpc) is 3.00. The normalized spacial score (nSPS) is 29.0. The van der Waals surface area contributed by atoms with Crippen molar-refractivity contribution in [2.45, 2.75) is 37.8 Å². The molecule has 0 radical (unpaired) electrons. The Labute approximate surface area is 169 Å². The topological polar surface area (TPSA) is 82.5 Å². The van der Waals surface area contributed by atoms with E-state index >= 15 is 0 Å². The summed E-state index contributed by atoms with van der Waals surface area (Å²) in [6.07, 6.45) is 7.55. The number of hydrogen-bond donors (Lipinski definition) is 3. The van der Waals surface area contributed by atoms with Gasteiger partial charge in [0.2, 0.25) is 0 Å². The summed E-state index contributed by atoms with van der Waals surface area (Å²) < 4.78 is 13.4. The second-order valence-electron chi connectivity index (χ2n) is 8.11. The van der Waals surface area contributed by atoms with Crippen LogP contribution in [0.2, 0.25) is 0 Å². The molecule has 1 aromatic carbocycles. The summed E-state index contributed by atoms with van der Waals surface area (Å²) in [5, 5.41) is 22.1. The van der Waals surface area contributed by atoms with Gasteiger partial charge < -0.3 is 15.5 Å². The molecule has 2 aliphatic carbocycles. The summed E-state index contributed by atoms with van der Waals surface area (Å²) in [6, 6.07) is 10.2. The van der Waals surface area contributed by atoms with Gasteiger partial charge in [0, 0.05) is 23.7 Å². The Morgan fingerprint density at radius 3 is 2.76 bits per heavy atom. The van der Waals surface area contributed by atoms with E-state index < -0.39 is 12.2 Å².